The van der Waals surface area contributed by atoms with Crippen LogP contribution in [-0.4, -0.2) is 6.10 Å². The molecule has 0 amide bonds. The lowest BCUT2D eigenvalue weighted by molar-refractivity contribution is -0.278. The molecule has 2 aromatic carbocycles. The maximum atomic E-state index is 14.8. The van der Waals surface area contributed by atoms with Gasteiger partial charge in [0.2, 0.25) is 0 Å². The average Bonchev–Trinajstić information content (AvgIpc) is 2.47. The van der Waals surface area contributed by atoms with Crippen molar-refractivity contribution in [2.45, 2.75) is 45.3 Å². The van der Waals surface area contributed by atoms with Crippen molar-refractivity contribution in [3.63, 3.8) is 0 Å². The lowest BCUT2D eigenvalue weighted by atomic mass is 9.92. The first kappa shape index (κ1) is 16.1. The second-order valence-corrected chi connectivity index (χ2v) is 6.06. The quantitative estimate of drug-likeness (QED) is 0.730. The third-order valence-electron chi connectivity index (χ3n) is 4.18. The van der Waals surface area contributed by atoms with Crippen molar-refractivity contribution in [3.8, 4) is 11.1 Å². The molecule has 0 N–H and O–H groups in total. The van der Waals surface area contributed by atoms with Gasteiger partial charge in [0.15, 0.2) is 0 Å². The van der Waals surface area contributed by atoms with Crippen LogP contribution in [0.15, 0.2) is 36.4 Å². The van der Waals surface area contributed by atoms with E-state index in [1.54, 1.807) is 31.2 Å². The van der Waals surface area contributed by atoms with Crippen LogP contribution in [0.2, 0.25) is 0 Å². The second-order valence-electron chi connectivity index (χ2n) is 6.06. The van der Waals surface area contributed by atoms with Gasteiger partial charge in [0.1, 0.15) is 5.82 Å². The number of fused-ring (bicyclic) bond motifs is 1. The van der Waals surface area contributed by atoms with Crippen LogP contribution in [0.1, 0.15) is 37.0 Å². The largest absolute Gasteiger partial charge is 0.386 e. The minimum absolute atomic E-state index is 0.185. The van der Waals surface area contributed by atoms with E-state index >= 15 is 0 Å². The molecule has 23 heavy (non-hydrogen) atoms. The summed E-state index contributed by atoms with van der Waals surface area (Å²) < 4.78 is 47.6. The molecule has 0 radical (unpaired) electrons. The van der Waals surface area contributed by atoms with Gasteiger partial charge in [-0.1, -0.05) is 49.7 Å². The molecule has 1 atom stereocenters. The fraction of sp³-hybridized carbons (Fsp3) is 0.368. The molecule has 1 nitrogen and oxygen atoms in total. The third kappa shape index (κ3) is 3.00. The zero-order chi connectivity index (χ0) is 16.6. The molecule has 0 bridgehead atoms. The Morgan fingerprint density at radius 3 is 2.48 bits per heavy atom. The van der Waals surface area contributed by atoms with Crippen molar-refractivity contribution in [2.24, 2.45) is 0 Å². The molecule has 0 fully saturated rings. The fourth-order valence-corrected chi connectivity index (χ4v) is 3.13. The number of hydrogen-bond acceptors (Lipinski definition) is 1. The molecule has 122 valence electrons. The molecule has 1 aliphatic rings. The van der Waals surface area contributed by atoms with E-state index in [2.05, 4.69) is 11.7 Å². The molecule has 3 rings (SSSR count). The highest BCUT2D eigenvalue weighted by atomic mass is 19.3. The van der Waals surface area contributed by atoms with Crippen LogP contribution in [0, 0.1) is 5.82 Å². The van der Waals surface area contributed by atoms with Crippen molar-refractivity contribution >= 4 is 0 Å². The van der Waals surface area contributed by atoms with Gasteiger partial charge in [-0.2, -0.15) is 8.78 Å². The standard InChI is InChI=1S/C19H19F3O/c1-3-4-13-5-7-14(8-6-13)16-10-9-15-11-12(2)23-19(21,22)17(15)18(16)20/h5-10,12H,3-4,11H2,1-2H3. The first-order valence-corrected chi connectivity index (χ1v) is 7.89. The summed E-state index contributed by atoms with van der Waals surface area (Å²) in [6, 6.07) is 10.5. The van der Waals surface area contributed by atoms with Gasteiger partial charge in [-0.25, -0.2) is 4.39 Å². The zero-order valence-corrected chi connectivity index (χ0v) is 13.2. The van der Waals surface area contributed by atoms with Gasteiger partial charge in [0.25, 0.3) is 0 Å². The van der Waals surface area contributed by atoms with E-state index in [1.165, 1.54) is 0 Å². The van der Waals surface area contributed by atoms with Crippen LogP contribution in [0.4, 0.5) is 13.2 Å². The van der Waals surface area contributed by atoms with Gasteiger partial charge >= 0.3 is 6.11 Å². The van der Waals surface area contributed by atoms with E-state index in [-0.39, 0.29) is 12.0 Å². The minimum atomic E-state index is -3.59. The van der Waals surface area contributed by atoms with Crippen LogP contribution in [-0.2, 0) is 23.7 Å². The predicted octanol–water partition coefficient (Wildman–Crippen LogP) is 5.46. The number of alkyl halides is 2. The van der Waals surface area contributed by atoms with Crippen molar-refractivity contribution in [2.75, 3.05) is 0 Å². The summed E-state index contributed by atoms with van der Waals surface area (Å²) in [5.74, 6) is -0.886. The molecule has 1 heterocycles. The van der Waals surface area contributed by atoms with E-state index in [4.69, 9.17) is 0 Å². The van der Waals surface area contributed by atoms with Crippen LogP contribution >= 0.6 is 0 Å². The van der Waals surface area contributed by atoms with Crippen molar-refractivity contribution in [1.29, 1.82) is 0 Å². The fourth-order valence-electron chi connectivity index (χ4n) is 3.13. The van der Waals surface area contributed by atoms with Crippen molar-refractivity contribution < 1.29 is 17.9 Å². The number of ether oxygens (including phenoxy) is 1. The summed E-state index contributed by atoms with van der Waals surface area (Å²) in [5, 5.41) is 0. The van der Waals surface area contributed by atoms with E-state index in [0.29, 0.717) is 11.1 Å². The van der Waals surface area contributed by atoms with Crippen LogP contribution in [0.5, 0.6) is 0 Å². The second kappa shape index (κ2) is 6.00. The van der Waals surface area contributed by atoms with Gasteiger partial charge in [-0.3, -0.25) is 0 Å². The average molecular weight is 320 g/mol. The Kier molecular flexibility index (Phi) is 4.19. The molecule has 0 spiro atoms. The molecule has 0 saturated heterocycles. The number of hydrogen-bond donors (Lipinski definition) is 0. The monoisotopic (exact) mass is 320 g/mol. The van der Waals surface area contributed by atoms with Crippen molar-refractivity contribution in [1.82, 2.24) is 0 Å². The summed E-state index contributed by atoms with van der Waals surface area (Å²) in [4.78, 5) is 0. The molecular weight excluding hydrogens is 301 g/mol. The Balaban J connectivity index is 2.05. The normalized spacial score (nSPS) is 19.4. The smallest absolute Gasteiger partial charge is 0.313 e. The molecular formula is C19H19F3O. The Hall–Kier alpha value is -1.81. The summed E-state index contributed by atoms with van der Waals surface area (Å²) in [6.07, 6.45) is -1.96. The summed E-state index contributed by atoms with van der Waals surface area (Å²) >= 11 is 0. The number of benzene rings is 2. The lowest BCUT2D eigenvalue weighted by Gasteiger charge is -2.30. The SMILES string of the molecule is CCCc1ccc(-c2ccc3c(c2F)C(F)(F)OC(C)C3)cc1. The predicted molar refractivity (Wildman–Crippen MR) is 84.0 cm³/mol. The topological polar surface area (TPSA) is 9.23 Å². The van der Waals surface area contributed by atoms with E-state index < -0.39 is 23.6 Å². The summed E-state index contributed by atoms with van der Waals surface area (Å²) in [6.45, 7) is 3.65. The summed E-state index contributed by atoms with van der Waals surface area (Å²) in [7, 11) is 0. The Bertz CT molecular complexity index is 707. The van der Waals surface area contributed by atoms with Gasteiger partial charge in [-0.05, 0) is 36.5 Å². The maximum Gasteiger partial charge on any atom is 0.386 e. The van der Waals surface area contributed by atoms with Gasteiger partial charge in [0.05, 0.1) is 11.7 Å². The molecule has 0 aliphatic carbocycles. The highest BCUT2D eigenvalue weighted by Gasteiger charge is 2.44. The number of aryl methyl sites for hydroxylation is 1. The van der Waals surface area contributed by atoms with Gasteiger partial charge in [0, 0.05) is 5.56 Å². The van der Waals surface area contributed by atoms with E-state index in [1.807, 2.05) is 12.1 Å². The van der Waals surface area contributed by atoms with Gasteiger partial charge in [-0.15, -0.1) is 0 Å². The third-order valence-corrected chi connectivity index (χ3v) is 4.18. The molecule has 2 aromatic rings. The number of halogens is 3. The lowest BCUT2D eigenvalue weighted by Crippen LogP contribution is -2.33. The van der Waals surface area contributed by atoms with E-state index in [0.717, 1.165) is 18.4 Å². The highest BCUT2D eigenvalue weighted by Crippen LogP contribution is 2.42. The van der Waals surface area contributed by atoms with Gasteiger partial charge < -0.3 is 4.74 Å². The van der Waals surface area contributed by atoms with Crippen molar-refractivity contribution in [3.05, 3.63) is 58.9 Å². The van der Waals surface area contributed by atoms with Crippen LogP contribution in [0.3, 0.4) is 0 Å². The Morgan fingerprint density at radius 1 is 1.13 bits per heavy atom. The van der Waals surface area contributed by atoms with E-state index in [9.17, 15) is 13.2 Å². The summed E-state index contributed by atoms with van der Waals surface area (Å²) in [5.41, 5.74) is 1.63. The maximum absolute atomic E-state index is 14.8. The molecule has 0 aromatic heterocycles. The Labute approximate surface area is 134 Å². The molecule has 1 aliphatic heterocycles. The van der Waals surface area contributed by atoms with Crippen LogP contribution < -0.4 is 0 Å². The molecule has 4 heteroatoms. The zero-order valence-electron chi connectivity index (χ0n) is 13.2. The minimum Gasteiger partial charge on any atom is -0.313 e. The first-order valence-electron chi connectivity index (χ1n) is 7.89. The first-order chi connectivity index (χ1) is 10.9. The molecule has 0 saturated carbocycles. The molecule has 1 unspecified atom stereocenters. The van der Waals surface area contributed by atoms with Crippen LogP contribution in [0.25, 0.3) is 11.1 Å². The highest BCUT2D eigenvalue weighted by molar-refractivity contribution is 5.66. The number of rotatable bonds is 3. The Morgan fingerprint density at radius 2 is 1.83 bits per heavy atom.